The number of amides is 1. The van der Waals surface area contributed by atoms with Gasteiger partial charge in [-0.25, -0.2) is 9.59 Å². The van der Waals surface area contributed by atoms with Gasteiger partial charge in [0.15, 0.2) is 0 Å². The second kappa shape index (κ2) is 6.07. The third kappa shape index (κ3) is 8.06. The van der Waals surface area contributed by atoms with Crippen molar-refractivity contribution in [1.29, 1.82) is 0 Å². The predicted octanol–water partition coefficient (Wildman–Crippen LogP) is 0.829. The summed E-state index contributed by atoms with van der Waals surface area (Å²) in [5.74, 6) is -2.42. The molecule has 0 rings (SSSR count). The molecule has 7 nitrogen and oxygen atoms in total. The Balaban J connectivity index is 4.30. The van der Waals surface area contributed by atoms with Crippen LogP contribution in [0, 0.1) is 0 Å². The van der Waals surface area contributed by atoms with Crippen LogP contribution in [0.3, 0.4) is 0 Å². The summed E-state index contributed by atoms with van der Waals surface area (Å²) in [6.07, 6.45) is -1.41. The summed E-state index contributed by atoms with van der Waals surface area (Å²) in [6, 6.07) is -1.26. The monoisotopic (exact) mass is 248 g/mol. The van der Waals surface area contributed by atoms with Crippen LogP contribution in [-0.2, 0) is 14.3 Å². The molecule has 1 amide bonds. The molecule has 0 heterocycles. The molecule has 0 bridgehead atoms. The van der Waals surface area contributed by atoms with Crippen LogP contribution in [0.5, 0.6) is 0 Å². The van der Waals surface area contributed by atoms with Gasteiger partial charge in [-0.3, -0.25) is 4.79 Å². The molecule has 0 aromatic carbocycles. The standard InChI is InChI=1S/C10H17NO6/c1-10(2,3)17-9(16)11-6(8(14)15)4-5-7(12)13/h6H,4-5H2,1-3H3,(H,11,16)(H,12,13)(H,14,15)/t6-/m0/s1/i11+1. The molecule has 17 heavy (non-hydrogen) atoms. The molecule has 98 valence electrons. The number of carbonyl (C=O) groups is 3. The number of carboxylic acid groups (broad SMARTS) is 2. The SMILES string of the molecule is CC(C)(C)OC(=O)[15NH][C@@H](CCC(=O)O)C(=O)O. The molecule has 0 saturated heterocycles. The van der Waals surface area contributed by atoms with Crippen LogP contribution in [0.15, 0.2) is 0 Å². The van der Waals surface area contributed by atoms with E-state index in [9.17, 15) is 14.4 Å². The number of carboxylic acids is 2. The number of ether oxygens (including phenoxy) is 1. The van der Waals surface area contributed by atoms with E-state index in [0.717, 1.165) is 0 Å². The van der Waals surface area contributed by atoms with Crippen molar-refractivity contribution in [3.63, 3.8) is 0 Å². The molecule has 0 aromatic rings. The third-order valence-corrected chi connectivity index (χ3v) is 1.64. The lowest BCUT2D eigenvalue weighted by Gasteiger charge is -2.21. The summed E-state index contributed by atoms with van der Waals surface area (Å²) in [7, 11) is 0. The molecule has 3 N–H and O–H groups in total. The molecule has 0 saturated carbocycles. The van der Waals surface area contributed by atoms with Gasteiger partial charge in [-0.15, -0.1) is 0 Å². The van der Waals surface area contributed by atoms with Gasteiger partial charge >= 0.3 is 18.0 Å². The van der Waals surface area contributed by atoms with Gasteiger partial charge in [-0.2, -0.15) is 0 Å². The molecule has 0 aliphatic heterocycles. The van der Waals surface area contributed by atoms with Crippen molar-refractivity contribution in [2.24, 2.45) is 0 Å². The van der Waals surface area contributed by atoms with Crippen LogP contribution >= 0.6 is 0 Å². The van der Waals surface area contributed by atoms with E-state index in [-0.39, 0.29) is 12.8 Å². The highest BCUT2D eigenvalue weighted by atomic mass is 16.6. The molecule has 7 heteroatoms. The summed E-state index contributed by atoms with van der Waals surface area (Å²) in [5, 5.41) is 19.3. The normalized spacial score (nSPS) is 12.6. The highest BCUT2D eigenvalue weighted by Crippen LogP contribution is 2.07. The van der Waals surface area contributed by atoms with E-state index in [1.165, 1.54) is 0 Å². The Kier molecular flexibility index (Phi) is 5.43. The maximum atomic E-state index is 11.3. The van der Waals surface area contributed by atoms with Gasteiger partial charge in [0.25, 0.3) is 0 Å². The van der Waals surface area contributed by atoms with Gasteiger partial charge in [0.05, 0.1) is 0 Å². The molecule has 0 radical (unpaired) electrons. The van der Waals surface area contributed by atoms with E-state index in [1.54, 1.807) is 20.8 Å². The van der Waals surface area contributed by atoms with Gasteiger partial charge in [-0.05, 0) is 27.2 Å². The maximum Gasteiger partial charge on any atom is 0.408 e. The van der Waals surface area contributed by atoms with Gasteiger partial charge < -0.3 is 20.3 Å². The van der Waals surface area contributed by atoms with E-state index in [0.29, 0.717) is 0 Å². The fourth-order valence-electron chi connectivity index (χ4n) is 0.975. The number of alkyl carbamates (subject to hydrolysis) is 1. The van der Waals surface area contributed by atoms with Gasteiger partial charge in [0.2, 0.25) is 0 Å². The predicted molar refractivity (Wildman–Crippen MR) is 57.7 cm³/mol. The molecule has 0 unspecified atom stereocenters. The minimum atomic E-state index is -1.29. The van der Waals surface area contributed by atoms with E-state index in [2.05, 4.69) is 5.32 Å². The average molecular weight is 248 g/mol. The summed E-state index contributed by atoms with van der Waals surface area (Å²) in [6.45, 7) is 4.92. The van der Waals surface area contributed by atoms with Crippen LogP contribution in [0.1, 0.15) is 33.6 Å². The molecular weight excluding hydrogens is 231 g/mol. The Morgan fingerprint density at radius 1 is 1.24 bits per heavy atom. The molecule has 0 aliphatic rings. The second-order valence-corrected chi connectivity index (χ2v) is 4.47. The van der Waals surface area contributed by atoms with Gasteiger partial charge in [-0.1, -0.05) is 0 Å². The van der Waals surface area contributed by atoms with E-state index in [1.807, 2.05) is 0 Å². The van der Waals surface area contributed by atoms with Crippen LogP contribution < -0.4 is 5.32 Å². The third-order valence-electron chi connectivity index (χ3n) is 1.64. The van der Waals surface area contributed by atoms with E-state index >= 15 is 0 Å². The van der Waals surface area contributed by atoms with Crippen molar-refractivity contribution in [2.45, 2.75) is 45.3 Å². The topological polar surface area (TPSA) is 113 Å². The van der Waals surface area contributed by atoms with Gasteiger partial charge in [0, 0.05) is 6.42 Å². The molecular formula is C10H17NO6. The second-order valence-electron chi connectivity index (χ2n) is 4.47. The fraction of sp³-hybridized carbons (Fsp3) is 0.700. The number of nitrogens with one attached hydrogen (secondary N) is 1. The largest absolute Gasteiger partial charge is 0.481 e. The highest BCUT2D eigenvalue weighted by molar-refractivity contribution is 5.80. The molecule has 0 aromatic heterocycles. The Hall–Kier alpha value is -1.79. The zero-order valence-electron chi connectivity index (χ0n) is 10.0. The quantitative estimate of drug-likeness (QED) is 0.621. The lowest BCUT2D eigenvalue weighted by Crippen LogP contribution is -2.43. The van der Waals surface area contributed by atoms with Crippen LogP contribution in [-0.4, -0.2) is 39.9 Å². The number of rotatable bonds is 5. The van der Waals surface area contributed by atoms with Crippen molar-refractivity contribution in [3.8, 4) is 0 Å². The number of carbonyl (C=O) groups excluding carboxylic acids is 1. The molecule has 0 fully saturated rings. The minimum Gasteiger partial charge on any atom is -0.481 e. The van der Waals surface area contributed by atoms with Crippen LogP contribution in [0.25, 0.3) is 0 Å². The first-order valence-corrected chi connectivity index (χ1v) is 5.06. The molecule has 0 aliphatic carbocycles. The van der Waals surface area contributed by atoms with Crippen molar-refractivity contribution in [2.75, 3.05) is 0 Å². The lowest BCUT2D eigenvalue weighted by atomic mass is 10.2. The van der Waals surface area contributed by atoms with Crippen molar-refractivity contribution in [1.82, 2.24) is 5.32 Å². The summed E-state index contributed by atoms with van der Waals surface area (Å²) >= 11 is 0. The summed E-state index contributed by atoms with van der Waals surface area (Å²) < 4.78 is 4.86. The Morgan fingerprint density at radius 3 is 2.12 bits per heavy atom. The lowest BCUT2D eigenvalue weighted by molar-refractivity contribution is -0.140. The van der Waals surface area contributed by atoms with Crippen molar-refractivity contribution >= 4 is 18.0 Å². The first-order valence-electron chi connectivity index (χ1n) is 5.06. The number of hydrogen-bond donors (Lipinski definition) is 3. The van der Waals surface area contributed by atoms with E-state index < -0.39 is 29.7 Å². The zero-order chi connectivity index (χ0) is 13.6. The van der Waals surface area contributed by atoms with Crippen LogP contribution in [0.2, 0.25) is 0 Å². The highest BCUT2D eigenvalue weighted by Gasteiger charge is 2.24. The van der Waals surface area contributed by atoms with Crippen molar-refractivity contribution < 1.29 is 29.3 Å². The minimum absolute atomic E-state index is 0.191. The Bertz CT molecular complexity index is 306. The number of hydrogen-bond acceptors (Lipinski definition) is 4. The van der Waals surface area contributed by atoms with Crippen LogP contribution in [0.4, 0.5) is 4.79 Å². The Labute approximate surface area is 98.8 Å². The molecule has 1 atom stereocenters. The van der Waals surface area contributed by atoms with Crippen molar-refractivity contribution in [3.05, 3.63) is 0 Å². The fourth-order valence-corrected chi connectivity index (χ4v) is 0.975. The van der Waals surface area contributed by atoms with Gasteiger partial charge in [0.1, 0.15) is 11.6 Å². The first kappa shape index (κ1) is 15.2. The number of aliphatic carboxylic acids is 2. The smallest absolute Gasteiger partial charge is 0.408 e. The zero-order valence-corrected chi connectivity index (χ0v) is 10.0. The summed E-state index contributed by atoms with van der Waals surface area (Å²) in [5.41, 5.74) is -0.736. The maximum absolute atomic E-state index is 11.3. The average Bonchev–Trinajstić information content (AvgIpc) is 2.08. The summed E-state index contributed by atoms with van der Waals surface area (Å²) in [4.78, 5) is 32.3. The van der Waals surface area contributed by atoms with E-state index in [4.69, 9.17) is 14.9 Å². The Morgan fingerprint density at radius 2 is 1.76 bits per heavy atom. The first-order chi connectivity index (χ1) is 7.61. The molecule has 0 spiro atoms.